The summed E-state index contributed by atoms with van der Waals surface area (Å²) in [5.41, 5.74) is 2.10. The molecule has 1 aromatic carbocycles. The Bertz CT molecular complexity index is 676. The summed E-state index contributed by atoms with van der Waals surface area (Å²) in [6.45, 7) is 1.34. The van der Waals surface area contributed by atoms with Crippen LogP contribution in [0.4, 0.5) is 4.39 Å². The second-order valence-corrected chi connectivity index (χ2v) is 6.44. The third-order valence-corrected chi connectivity index (χ3v) is 4.62. The second-order valence-electron chi connectivity index (χ2n) is 6.44. The molecule has 0 aliphatic heterocycles. The molecule has 1 fully saturated rings. The number of aromatic nitrogens is 2. The number of nitrogens with one attached hydrogen (secondary N) is 1. The quantitative estimate of drug-likeness (QED) is 0.854. The van der Waals surface area contributed by atoms with E-state index in [2.05, 4.69) is 10.4 Å². The Morgan fingerprint density at radius 1 is 1.21 bits per heavy atom. The number of carbonyl (C=O) groups is 1. The van der Waals surface area contributed by atoms with Gasteiger partial charge in [-0.2, -0.15) is 5.10 Å². The fraction of sp³-hybridized carbons (Fsp3) is 0.444. The van der Waals surface area contributed by atoms with Crippen LogP contribution in [0.2, 0.25) is 0 Å². The number of carboxylic acids is 1. The molecule has 3 rings (SSSR count). The summed E-state index contributed by atoms with van der Waals surface area (Å²) in [4.78, 5) is 11.0. The molecule has 24 heavy (non-hydrogen) atoms. The summed E-state index contributed by atoms with van der Waals surface area (Å²) in [7, 11) is 0. The summed E-state index contributed by atoms with van der Waals surface area (Å²) >= 11 is 0. The van der Waals surface area contributed by atoms with E-state index < -0.39 is 5.97 Å². The van der Waals surface area contributed by atoms with Crippen LogP contribution in [0.1, 0.15) is 36.8 Å². The molecular weight excluding hydrogens is 309 g/mol. The lowest BCUT2D eigenvalue weighted by Gasteiger charge is -2.26. The van der Waals surface area contributed by atoms with E-state index in [-0.39, 0.29) is 11.7 Å². The molecule has 1 saturated carbocycles. The van der Waals surface area contributed by atoms with E-state index in [0.717, 1.165) is 43.4 Å². The highest BCUT2D eigenvalue weighted by molar-refractivity contribution is 5.70. The Morgan fingerprint density at radius 2 is 1.92 bits per heavy atom. The average Bonchev–Trinajstić information content (AvgIpc) is 3.03. The Labute approximate surface area is 140 Å². The average molecular weight is 331 g/mol. The van der Waals surface area contributed by atoms with Gasteiger partial charge in [-0.25, -0.2) is 4.39 Å². The first-order chi connectivity index (χ1) is 11.6. The topological polar surface area (TPSA) is 67.2 Å². The van der Waals surface area contributed by atoms with Crippen molar-refractivity contribution in [2.75, 3.05) is 0 Å². The molecule has 0 bridgehead atoms. The van der Waals surface area contributed by atoms with Gasteiger partial charge in [0.15, 0.2) is 0 Å². The first-order valence-corrected chi connectivity index (χ1v) is 8.32. The van der Waals surface area contributed by atoms with Crippen LogP contribution in [0.15, 0.2) is 36.7 Å². The third-order valence-electron chi connectivity index (χ3n) is 4.62. The molecule has 5 nitrogen and oxygen atoms in total. The van der Waals surface area contributed by atoms with Crippen molar-refractivity contribution in [2.24, 2.45) is 5.92 Å². The van der Waals surface area contributed by atoms with E-state index in [4.69, 9.17) is 5.11 Å². The monoisotopic (exact) mass is 331 g/mol. The summed E-state index contributed by atoms with van der Waals surface area (Å²) in [5, 5.41) is 16.8. The SMILES string of the molecule is O=C(O)C1CCC(NCc2cnn(Cc3ccc(F)cc3)c2)CC1. The predicted octanol–water partition coefficient (Wildman–Crippen LogP) is 2.80. The molecule has 0 amide bonds. The number of rotatable bonds is 6. The predicted molar refractivity (Wildman–Crippen MR) is 88.0 cm³/mol. The van der Waals surface area contributed by atoms with E-state index in [9.17, 15) is 9.18 Å². The van der Waals surface area contributed by atoms with Crippen molar-refractivity contribution in [3.8, 4) is 0 Å². The molecule has 0 saturated heterocycles. The molecule has 0 atom stereocenters. The number of benzene rings is 1. The van der Waals surface area contributed by atoms with Gasteiger partial charge in [-0.15, -0.1) is 0 Å². The van der Waals surface area contributed by atoms with Gasteiger partial charge in [0.05, 0.1) is 18.7 Å². The van der Waals surface area contributed by atoms with Crippen molar-refractivity contribution < 1.29 is 14.3 Å². The normalized spacial score (nSPS) is 20.9. The molecular formula is C18H22FN3O2. The van der Waals surface area contributed by atoms with E-state index >= 15 is 0 Å². The standard InChI is InChI=1S/C18H22FN3O2/c19-16-5-1-13(2-6-16)11-22-12-14(10-21-22)9-20-17-7-3-15(4-8-17)18(23)24/h1-2,5-6,10,12,15,17,20H,3-4,7-9,11H2,(H,23,24). The van der Waals surface area contributed by atoms with Crippen LogP contribution in [-0.4, -0.2) is 26.9 Å². The first kappa shape index (κ1) is 16.6. The Kier molecular flexibility index (Phi) is 5.25. The Balaban J connectivity index is 1.46. The largest absolute Gasteiger partial charge is 0.481 e. The van der Waals surface area contributed by atoms with Gasteiger partial charge < -0.3 is 10.4 Å². The Morgan fingerprint density at radius 3 is 2.58 bits per heavy atom. The maximum absolute atomic E-state index is 12.9. The van der Waals surface area contributed by atoms with Crippen LogP contribution >= 0.6 is 0 Å². The number of hydrogen-bond donors (Lipinski definition) is 2. The Hall–Kier alpha value is -2.21. The molecule has 6 heteroatoms. The van der Waals surface area contributed by atoms with Crippen LogP contribution in [0.5, 0.6) is 0 Å². The van der Waals surface area contributed by atoms with E-state index in [1.807, 2.05) is 17.1 Å². The molecule has 2 N–H and O–H groups in total. The maximum Gasteiger partial charge on any atom is 0.306 e. The van der Waals surface area contributed by atoms with Gasteiger partial charge in [-0.1, -0.05) is 12.1 Å². The molecule has 1 aliphatic carbocycles. The minimum absolute atomic E-state index is 0.179. The summed E-state index contributed by atoms with van der Waals surface area (Å²) in [6, 6.07) is 6.80. The second kappa shape index (κ2) is 7.57. The van der Waals surface area contributed by atoms with Gasteiger partial charge in [-0.3, -0.25) is 9.48 Å². The minimum Gasteiger partial charge on any atom is -0.481 e. The zero-order valence-electron chi connectivity index (χ0n) is 13.5. The van der Waals surface area contributed by atoms with Crippen molar-refractivity contribution in [3.05, 3.63) is 53.6 Å². The van der Waals surface area contributed by atoms with Gasteiger partial charge in [0.2, 0.25) is 0 Å². The minimum atomic E-state index is -0.671. The number of halogens is 1. The summed E-state index contributed by atoms with van der Waals surface area (Å²) in [6.07, 6.45) is 7.12. The molecule has 1 aromatic heterocycles. The van der Waals surface area contributed by atoms with Crippen molar-refractivity contribution in [1.29, 1.82) is 0 Å². The molecule has 2 aromatic rings. The highest BCUT2D eigenvalue weighted by atomic mass is 19.1. The molecule has 1 aliphatic rings. The molecule has 128 valence electrons. The third kappa shape index (κ3) is 4.41. The molecule has 1 heterocycles. The molecule has 0 radical (unpaired) electrons. The van der Waals surface area contributed by atoms with Gasteiger partial charge in [0.1, 0.15) is 5.82 Å². The van der Waals surface area contributed by atoms with Crippen LogP contribution in [0, 0.1) is 11.7 Å². The maximum atomic E-state index is 12.9. The lowest BCUT2D eigenvalue weighted by atomic mass is 9.86. The lowest BCUT2D eigenvalue weighted by Crippen LogP contribution is -2.34. The number of nitrogens with zero attached hydrogens (tertiary/aromatic N) is 2. The van der Waals surface area contributed by atoms with E-state index in [1.165, 1.54) is 12.1 Å². The highest BCUT2D eigenvalue weighted by Crippen LogP contribution is 2.24. The fourth-order valence-electron chi connectivity index (χ4n) is 3.17. The molecule has 0 spiro atoms. The zero-order valence-corrected chi connectivity index (χ0v) is 13.5. The van der Waals surface area contributed by atoms with Crippen LogP contribution in [0.3, 0.4) is 0 Å². The summed E-state index contributed by atoms with van der Waals surface area (Å²) in [5.74, 6) is -1.08. The van der Waals surface area contributed by atoms with Gasteiger partial charge in [-0.05, 0) is 43.4 Å². The smallest absolute Gasteiger partial charge is 0.306 e. The van der Waals surface area contributed by atoms with Crippen molar-refractivity contribution in [2.45, 2.75) is 44.8 Å². The fourth-order valence-corrected chi connectivity index (χ4v) is 3.17. The number of hydrogen-bond acceptors (Lipinski definition) is 3. The van der Waals surface area contributed by atoms with Crippen molar-refractivity contribution in [3.63, 3.8) is 0 Å². The number of aliphatic carboxylic acids is 1. The van der Waals surface area contributed by atoms with E-state index in [0.29, 0.717) is 12.6 Å². The van der Waals surface area contributed by atoms with Gasteiger partial charge >= 0.3 is 5.97 Å². The van der Waals surface area contributed by atoms with Crippen LogP contribution in [0.25, 0.3) is 0 Å². The zero-order chi connectivity index (χ0) is 16.9. The van der Waals surface area contributed by atoms with Crippen LogP contribution < -0.4 is 5.32 Å². The summed E-state index contributed by atoms with van der Waals surface area (Å²) < 4.78 is 14.8. The van der Waals surface area contributed by atoms with Gasteiger partial charge in [0, 0.05) is 24.3 Å². The van der Waals surface area contributed by atoms with E-state index in [1.54, 1.807) is 12.1 Å². The first-order valence-electron chi connectivity index (χ1n) is 8.32. The van der Waals surface area contributed by atoms with Crippen molar-refractivity contribution >= 4 is 5.97 Å². The highest BCUT2D eigenvalue weighted by Gasteiger charge is 2.25. The lowest BCUT2D eigenvalue weighted by molar-refractivity contribution is -0.142. The van der Waals surface area contributed by atoms with Gasteiger partial charge in [0.25, 0.3) is 0 Å². The molecule has 0 unspecified atom stereocenters. The van der Waals surface area contributed by atoms with Crippen molar-refractivity contribution in [1.82, 2.24) is 15.1 Å². The number of carboxylic acid groups (broad SMARTS) is 1. The van der Waals surface area contributed by atoms with Crippen LogP contribution in [-0.2, 0) is 17.9 Å².